The third kappa shape index (κ3) is 7.25. The van der Waals surface area contributed by atoms with Gasteiger partial charge in [0, 0.05) is 36.4 Å². The molecule has 8 atom stereocenters. The molecule has 3 aliphatic heterocycles. The van der Waals surface area contributed by atoms with Gasteiger partial charge in [0.25, 0.3) is 0 Å². The number of methoxy groups -OCH3 is 1. The van der Waals surface area contributed by atoms with Crippen LogP contribution in [0.5, 0.6) is 0 Å². The molecule has 3 saturated heterocycles. The van der Waals surface area contributed by atoms with Crippen molar-refractivity contribution in [1.29, 1.82) is 0 Å². The number of aromatic amines is 2. The number of hydrogen-bond acceptors (Lipinski definition) is 8. The number of nitrogens with one attached hydrogen (secondary N) is 4. The molecule has 15 nitrogen and oxygen atoms in total. The van der Waals surface area contributed by atoms with Crippen LogP contribution in [0.4, 0.5) is 9.59 Å². The lowest BCUT2D eigenvalue weighted by Gasteiger charge is -2.35. The Balaban J connectivity index is 0.881. The number of imidazole rings is 2. The lowest BCUT2D eigenvalue weighted by atomic mass is 9.90. The third-order valence-corrected chi connectivity index (χ3v) is 12.7. The van der Waals surface area contributed by atoms with Gasteiger partial charge in [-0.05, 0) is 97.1 Å². The maximum Gasteiger partial charge on any atom is 0.407 e. The third-order valence-electron chi connectivity index (χ3n) is 12.7. The van der Waals surface area contributed by atoms with E-state index < -0.39 is 24.3 Å². The van der Waals surface area contributed by atoms with Gasteiger partial charge in [0.1, 0.15) is 29.4 Å². The second kappa shape index (κ2) is 15.1. The molecule has 2 aromatic heterocycles. The van der Waals surface area contributed by atoms with E-state index in [2.05, 4.69) is 49.6 Å². The number of amides is 4. The van der Waals surface area contributed by atoms with E-state index in [1.54, 1.807) is 12.4 Å². The number of aromatic nitrogens is 4. The number of rotatable bonds is 9. The standard InChI is InChI=1S/C43H48N8O7/c1-22(2)36(49-43(56)57-3)40(52)50-32-16-28(32)18-34(50)38-44-20-30(46-38)9-5-23-4-6-26-15-27(8-7-25(26)14-23)31-21-45-39(47-31)35-19-29-17-33(29)51(35)41(53)37(48-42(54)55)24-10-12-58-13-11-24/h4,6-8,14-15,20-22,24,28-29,32-37,48H,10-13,16-19H2,1-3H3,(H,44,46)(H,45,47)(H,49,56)(H,54,55)/t28-,29-,32-,33-,34+,35+,36+,37+/m1/s1. The van der Waals surface area contributed by atoms with Crippen LogP contribution in [0.25, 0.3) is 22.0 Å². The number of H-pyrrole nitrogens is 2. The number of piperidine rings is 2. The van der Waals surface area contributed by atoms with Crippen molar-refractivity contribution in [2.45, 2.75) is 88.6 Å². The summed E-state index contributed by atoms with van der Waals surface area (Å²) in [6.07, 6.45) is 6.47. The zero-order valence-electron chi connectivity index (χ0n) is 32.7. The molecule has 302 valence electrons. The van der Waals surface area contributed by atoms with Crippen LogP contribution in [0.15, 0.2) is 48.8 Å². The highest BCUT2D eigenvalue weighted by atomic mass is 16.5. The summed E-state index contributed by atoms with van der Waals surface area (Å²) in [6, 6.07) is 10.6. The number of alkyl carbamates (subject to hydrolysis) is 1. The molecule has 5 aliphatic rings. The molecule has 2 aromatic carbocycles. The lowest BCUT2D eigenvalue weighted by molar-refractivity contribution is -0.138. The quantitative estimate of drug-likeness (QED) is 0.143. The van der Waals surface area contributed by atoms with Gasteiger partial charge < -0.3 is 45.0 Å². The Hall–Kier alpha value is -5.88. The Morgan fingerprint density at radius 3 is 2.19 bits per heavy atom. The normalized spacial score (nSPS) is 25.7. The van der Waals surface area contributed by atoms with Gasteiger partial charge in [-0.15, -0.1) is 0 Å². The number of hydrogen-bond donors (Lipinski definition) is 5. The fourth-order valence-corrected chi connectivity index (χ4v) is 9.47. The maximum atomic E-state index is 14.0. The highest BCUT2D eigenvalue weighted by Crippen LogP contribution is 2.54. The number of likely N-dealkylation sites (tertiary alicyclic amines) is 2. The van der Waals surface area contributed by atoms with Crippen LogP contribution in [0.2, 0.25) is 0 Å². The summed E-state index contributed by atoms with van der Waals surface area (Å²) in [7, 11) is 1.29. The number of benzene rings is 2. The molecular formula is C43H48N8O7. The SMILES string of the molecule is COC(=O)N[C@H](C(=O)N1[C@@H]2C[C@@H]2C[C@H]1c1ncc(C#Cc2ccc3cc(-c4cnc([C@@H]5C[C@H]6C[C@H]6N5C(=O)[C@@H](NC(=O)O)C5CCOCC5)[nH]4)ccc3c2)[nH]1)C(C)C. The number of carbonyl (C=O) groups is 4. The van der Waals surface area contributed by atoms with E-state index in [1.165, 1.54) is 7.11 Å². The van der Waals surface area contributed by atoms with Crippen molar-refractivity contribution in [2.24, 2.45) is 23.7 Å². The fourth-order valence-electron chi connectivity index (χ4n) is 9.47. The van der Waals surface area contributed by atoms with Crippen LogP contribution in [0.3, 0.4) is 0 Å². The molecule has 5 fully saturated rings. The van der Waals surface area contributed by atoms with Crippen LogP contribution in [-0.2, 0) is 19.1 Å². The van der Waals surface area contributed by atoms with Crippen LogP contribution >= 0.6 is 0 Å². The Morgan fingerprint density at radius 2 is 1.50 bits per heavy atom. The molecule has 0 bridgehead atoms. The van der Waals surface area contributed by atoms with Crippen molar-refractivity contribution in [1.82, 2.24) is 40.4 Å². The molecule has 15 heteroatoms. The number of carbonyl (C=O) groups excluding carboxylic acids is 3. The molecule has 5 N–H and O–H groups in total. The van der Waals surface area contributed by atoms with E-state index in [1.807, 2.05) is 47.9 Å². The first-order valence-electron chi connectivity index (χ1n) is 20.3. The first-order chi connectivity index (χ1) is 28.1. The average Bonchev–Trinajstić information content (AvgIpc) is 3.82. The number of ether oxygens (including phenoxy) is 2. The smallest absolute Gasteiger partial charge is 0.407 e. The van der Waals surface area contributed by atoms with Gasteiger partial charge in [-0.3, -0.25) is 9.59 Å². The molecule has 4 amide bonds. The van der Waals surface area contributed by atoms with Gasteiger partial charge in [-0.1, -0.05) is 38.0 Å². The predicted molar refractivity (Wildman–Crippen MR) is 211 cm³/mol. The minimum Gasteiger partial charge on any atom is -0.465 e. The van der Waals surface area contributed by atoms with Gasteiger partial charge >= 0.3 is 12.2 Å². The fraction of sp³-hybridized carbons (Fsp3) is 0.488. The number of carboxylic acid groups (broad SMARTS) is 1. The summed E-state index contributed by atoms with van der Waals surface area (Å²) in [5.74, 6) is 8.18. The molecule has 2 saturated carbocycles. The van der Waals surface area contributed by atoms with Crippen molar-refractivity contribution < 1.29 is 33.8 Å². The van der Waals surface area contributed by atoms with E-state index in [-0.39, 0.29) is 47.8 Å². The average molecular weight is 789 g/mol. The summed E-state index contributed by atoms with van der Waals surface area (Å²) in [6.45, 7) is 4.85. The molecule has 4 aromatic rings. The van der Waals surface area contributed by atoms with Gasteiger partial charge in [0.2, 0.25) is 11.8 Å². The predicted octanol–water partition coefficient (Wildman–Crippen LogP) is 5.12. The number of nitrogens with zero attached hydrogens (tertiary/aromatic N) is 4. The van der Waals surface area contributed by atoms with E-state index in [9.17, 15) is 24.3 Å². The Bertz CT molecular complexity index is 2320. The van der Waals surface area contributed by atoms with Gasteiger partial charge in [0.05, 0.1) is 37.3 Å². The highest BCUT2D eigenvalue weighted by Gasteiger charge is 2.57. The molecule has 5 heterocycles. The summed E-state index contributed by atoms with van der Waals surface area (Å²) < 4.78 is 10.3. The summed E-state index contributed by atoms with van der Waals surface area (Å²) in [5.41, 5.74) is 3.29. The molecule has 9 rings (SSSR count). The van der Waals surface area contributed by atoms with Crippen molar-refractivity contribution in [3.05, 3.63) is 71.7 Å². The molecule has 0 radical (unpaired) electrons. The first kappa shape index (κ1) is 37.7. The Morgan fingerprint density at radius 1 is 0.845 bits per heavy atom. The van der Waals surface area contributed by atoms with E-state index in [0.29, 0.717) is 55.2 Å². The van der Waals surface area contributed by atoms with Crippen molar-refractivity contribution in [3.8, 4) is 23.1 Å². The van der Waals surface area contributed by atoms with Crippen LogP contribution in [0, 0.1) is 35.5 Å². The summed E-state index contributed by atoms with van der Waals surface area (Å²) >= 11 is 0. The highest BCUT2D eigenvalue weighted by molar-refractivity contribution is 5.89. The minimum absolute atomic E-state index is 0.106. The van der Waals surface area contributed by atoms with Crippen molar-refractivity contribution in [3.63, 3.8) is 0 Å². The van der Waals surface area contributed by atoms with E-state index >= 15 is 0 Å². The van der Waals surface area contributed by atoms with Crippen LogP contribution < -0.4 is 10.6 Å². The molecule has 58 heavy (non-hydrogen) atoms. The van der Waals surface area contributed by atoms with E-state index in [4.69, 9.17) is 14.5 Å². The van der Waals surface area contributed by atoms with Gasteiger partial charge in [-0.2, -0.15) is 0 Å². The molecule has 0 unspecified atom stereocenters. The van der Waals surface area contributed by atoms with Gasteiger partial charge in [-0.25, -0.2) is 19.6 Å². The molecule has 2 aliphatic carbocycles. The van der Waals surface area contributed by atoms with Crippen LogP contribution in [0.1, 0.15) is 87.4 Å². The van der Waals surface area contributed by atoms with Gasteiger partial charge in [0.15, 0.2) is 0 Å². The molecular weight excluding hydrogens is 741 g/mol. The van der Waals surface area contributed by atoms with E-state index in [0.717, 1.165) is 53.3 Å². The van der Waals surface area contributed by atoms with Crippen molar-refractivity contribution >= 4 is 34.8 Å². The zero-order chi connectivity index (χ0) is 40.2. The molecule has 0 spiro atoms. The summed E-state index contributed by atoms with van der Waals surface area (Å²) in [5, 5.41) is 16.9. The second-order valence-corrected chi connectivity index (χ2v) is 16.7. The zero-order valence-corrected chi connectivity index (χ0v) is 32.7. The Labute approximate surface area is 335 Å². The van der Waals surface area contributed by atoms with Crippen molar-refractivity contribution in [2.75, 3.05) is 20.3 Å². The van der Waals surface area contributed by atoms with Crippen LogP contribution in [-0.4, -0.2) is 103 Å². The second-order valence-electron chi connectivity index (χ2n) is 16.7. The monoisotopic (exact) mass is 788 g/mol. The summed E-state index contributed by atoms with van der Waals surface area (Å²) in [4.78, 5) is 71.5. The largest absolute Gasteiger partial charge is 0.465 e. The number of fused-ring (bicyclic) bond motifs is 3. The first-order valence-corrected chi connectivity index (χ1v) is 20.3. The topological polar surface area (TPSA) is 195 Å². The lowest BCUT2D eigenvalue weighted by Crippen LogP contribution is -2.53. The Kier molecular flexibility index (Phi) is 9.83. The minimum atomic E-state index is -1.19. The maximum absolute atomic E-state index is 14.0.